The molecule has 1 aliphatic carbocycles. The van der Waals surface area contributed by atoms with E-state index in [1.165, 1.54) is 41.1 Å². The van der Waals surface area contributed by atoms with Crippen molar-refractivity contribution in [3.8, 4) is 0 Å². The van der Waals surface area contributed by atoms with Gasteiger partial charge in [-0.05, 0) is 53.5 Å². The Bertz CT molecular complexity index is 883. The maximum atomic E-state index is 12.5. The summed E-state index contributed by atoms with van der Waals surface area (Å²) >= 11 is 9.03. The standard InChI is InChI=1S/C18H15ClN2OS2/c19-13-3-1-2-11(8-13)9-14-10-20-18(24-14)21-17(22)16-15(6-7-23-16)12-4-5-12/h1-3,6-8,10,12H,4-5,9H2,(H,20,21,22). The zero-order chi connectivity index (χ0) is 16.5. The number of anilines is 1. The zero-order valence-corrected chi connectivity index (χ0v) is 15.2. The monoisotopic (exact) mass is 374 g/mol. The molecule has 1 amide bonds. The summed E-state index contributed by atoms with van der Waals surface area (Å²) in [7, 11) is 0. The molecule has 1 aromatic carbocycles. The number of nitrogens with zero attached hydrogens (tertiary/aromatic N) is 1. The molecule has 0 aliphatic heterocycles. The molecule has 0 bridgehead atoms. The Morgan fingerprint density at radius 1 is 1.33 bits per heavy atom. The third-order valence-corrected chi connectivity index (χ3v) is 6.04. The smallest absolute Gasteiger partial charge is 0.267 e. The lowest BCUT2D eigenvalue weighted by molar-refractivity contribution is 0.102. The van der Waals surface area contributed by atoms with Gasteiger partial charge in [0, 0.05) is 22.5 Å². The van der Waals surface area contributed by atoms with Gasteiger partial charge in [0.2, 0.25) is 0 Å². The van der Waals surface area contributed by atoms with E-state index >= 15 is 0 Å². The summed E-state index contributed by atoms with van der Waals surface area (Å²) in [4.78, 5) is 18.7. The zero-order valence-electron chi connectivity index (χ0n) is 12.8. The first-order chi connectivity index (χ1) is 11.7. The SMILES string of the molecule is O=C(Nc1ncc(Cc2cccc(Cl)c2)s1)c1sccc1C1CC1. The Kier molecular flexibility index (Phi) is 4.39. The van der Waals surface area contributed by atoms with Crippen LogP contribution in [0.1, 0.15) is 44.4 Å². The van der Waals surface area contributed by atoms with Gasteiger partial charge in [-0.25, -0.2) is 4.98 Å². The van der Waals surface area contributed by atoms with Gasteiger partial charge in [-0.15, -0.1) is 22.7 Å². The predicted octanol–water partition coefficient (Wildman–Crippen LogP) is 5.58. The van der Waals surface area contributed by atoms with E-state index in [9.17, 15) is 4.79 Å². The molecular weight excluding hydrogens is 360 g/mol. The van der Waals surface area contributed by atoms with E-state index in [1.54, 1.807) is 0 Å². The second-order valence-electron chi connectivity index (χ2n) is 5.87. The van der Waals surface area contributed by atoms with Gasteiger partial charge in [0.25, 0.3) is 5.91 Å². The number of amides is 1. The number of hydrogen-bond donors (Lipinski definition) is 1. The topological polar surface area (TPSA) is 42.0 Å². The van der Waals surface area contributed by atoms with Crippen LogP contribution in [0.5, 0.6) is 0 Å². The molecule has 3 nitrogen and oxygen atoms in total. The first-order valence-electron chi connectivity index (χ1n) is 7.77. The quantitative estimate of drug-likeness (QED) is 0.633. The Labute approximate surface area is 153 Å². The lowest BCUT2D eigenvalue weighted by atomic mass is 10.1. The molecule has 0 unspecified atom stereocenters. The molecule has 0 saturated heterocycles. The second kappa shape index (κ2) is 6.67. The number of nitrogens with one attached hydrogen (secondary N) is 1. The van der Waals surface area contributed by atoms with Gasteiger partial charge in [0.05, 0.1) is 4.88 Å². The Morgan fingerprint density at radius 2 is 2.21 bits per heavy atom. The molecule has 1 fully saturated rings. The van der Waals surface area contributed by atoms with E-state index in [4.69, 9.17) is 11.6 Å². The molecule has 6 heteroatoms. The molecule has 24 heavy (non-hydrogen) atoms. The highest BCUT2D eigenvalue weighted by atomic mass is 35.5. The van der Waals surface area contributed by atoms with Crippen LogP contribution in [0.4, 0.5) is 5.13 Å². The highest BCUT2D eigenvalue weighted by Gasteiger charge is 2.29. The minimum Gasteiger partial charge on any atom is -0.297 e. The first kappa shape index (κ1) is 15.8. The van der Waals surface area contributed by atoms with Crippen molar-refractivity contribution < 1.29 is 4.79 Å². The van der Waals surface area contributed by atoms with Gasteiger partial charge in [-0.3, -0.25) is 10.1 Å². The highest BCUT2D eigenvalue weighted by molar-refractivity contribution is 7.16. The number of halogens is 1. The van der Waals surface area contributed by atoms with Gasteiger partial charge in [0.15, 0.2) is 5.13 Å². The summed E-state index contributed by atoms with van der Waals surface area (Å²) in [5.74, 6) is 0.530. The van der Waals surface area contributed by atoms with Gasteiger partial charge >= 0.3 is 0 Å². The van der Waals surface area contributed by atoms with Crippen molar-refractivity contribution in [2.24, 2.45) is 0 Å². The number of benzene rings is 1. The van der Waals surface area contributed by atoms with E-state index in [-0.39, 0.29) is 5.91 Å². The summed E-state index contributed by atoms with van der Waals surface area (Å²) < 4.78 is 0. The lowest BCUT2D eigenvalue weighted by Gasteiger charge is -2.02. The van der Waals surface area contributed by atoms with Gasteiger partial charge in [-0.2, -0.15) is 0 Å². The maximum Gasteiger partial charge on any atom is 0.267 e. The molecule has 1 saturated carbocycles. The number of carbonyl (C=O) groups excluding carboxylic acids is 1. The van der Waals surface area contributed by atoms with E-state index in [2.05, 4.69) is 16.4 Å². The number of carbonyl (C=O) groups is 1. The first-order valence-corrected chi connectivity index (χ1v) is 9.84. The number of thiophene rings is 1. The molecule has 2 aromatic heterocycles. The largest absolute Gasteiger partial charge is 0.297 e. The average molecular weight is 375 g/mol. The van der Waals surface area contributed by atoms with Crippen molar-refractivity contribution in [3.05, 3.63) is 67.8 Å². The van der Waals surface area contributed by atoms with Crippen LogP contribution in [-0.2, 0) is 6.42 Å². The summed E-state index contributed by atoms with van der Waals surface area (Å²) in [5, 5.41) is 6.31. The minimum atomic E-state index is -0.0458. The van der Waals surface area contributed by atoms with Crippen LogP contribution in [0, 0.1) is 0 Å². The molecular formula is C18H15ClN2OS2. The summed E-state index contributed by atoms with van der Waals surface area (Å²) in [5.41, 5.74) is 2.33. The average Bonchev–Trinajstić information content (AvgIpc) is 3.11. The van der Waals surface area contributed by atoms with Crippen LogP contribution in [0.3, 0.4) is 0 Å². The Balaban J connectivity index is 1.45. The molecule has 4 rings (SSSR count). The Hall–Kier alpha value is -1.69. The van der Waals surface area contributed by atoms with Crippen molar-refractivity contribution in [2.75, 3.05) is 5.32 Å². The third kappa shape index (κ3) is 3.53. The van der Waals surface area contributed by atoms with Gasteiger partial charge in [-0.1, -0.05) is 23.7 Å². The van der Waals surface area contributed by atoms with Crippen molar-refractivity contribution in [1.29, 1.82) is 0 Å². The fourth-order valence-electron chi connectivity index (χ4n) is 2.67. The number of thiazole rings is 1. The molecule has 0 atom stereocenters. The molecule has 2 heterocycles. The summed E-state index contributed by atoms with van der Waals surface area (Å²) in [6.45, 7) is 0. The van der Waals surface area contributed by atoms with E-state index in [0.29, 0.717) is 11.0 Å². The van der Waals surface area contributed by atoms with Crippen molar-refractivity contribution in [1.82, 2.24) is 4.98 Å². The number of hydrogen-bond acceptors (Lipinski definition) is 4. The van der Waals surface area contributed by atoms with Crippen molar-refractivity contribution >= 4 is 45.3 Å². The van der Waals surface area contributed by atoms with Crippen molar-refractivity contribution in [3.63, 3.8) is 0 Å². The summed E-state index contributed by atoms with van der Waals surface area (Å²) in [6.07, 6.45) is 4.97. The third-order valence-electron chi connectivity index (χ3n) is 3.96. The van der Waals surface area contributed by atoms with E-state index in [1.807, 2.05) is 35.8 Å². The van der Waals surface area contributed by atoms with Gasteiger partial charge in [0.1, 0.15) is 0 Å². The second-order valence-corrected chi connectivity index (χ2v) is 8.34. The fraction of sp³-hybridized carbons (Fsp3) is 0.222. The molecule has 3 aromatic rings. The molecule has 1 N–H and O–H groups in total. The molecule has 0 radical (unpaired) electrons. The normalized spacial score (nSPS) is 13.9. The van der Waals surface area contributed by atoms with E-state index < -0.39 is 0 Å². The van der Waals surface area contributed by atoms with Crippen LogP contribution >= 0.6 is 34.3 Å². The molecule has 0 spiro atoms. The van der Waals surface area contributed by atoms with Crippen LogP contribution < -0.4 is 5.32 Å². The highest BCUT2D eigenvalue weighted by Crippen LogP contribution is 2.43. The van der Waals surface area contributed by atoms with Crippen molar-refractivity contribution in [2.45, 2.75) is 25.2 Å². The van der Waals surface area contributed by atoms with Gasteiger partial charge < -0.3 is 0 Å². The van der Waals surface area contributed by atoms with Crippen LogP contribution in [-0.4, -0.2) is 10.9 Å². The fourth-order valence-corrected chi connectivity index (χ4v) is 4.60. The Morgan fingerprint density at radius 3 is 3.00 bits per heavy atom. The number of rotatable bonds is 5. The maximum absolute atomic E-state index is 12.5. The predicted molar refractivity (Wildman–Crippen MR) is 101 cm³/mol. The van der Waals surface area contributed by atoms with E-state index in [0.717, 1.165) is 26.8 Å². The molecule has 122 valence electrons. The van der Waals surface area contributed by atoms with Crippen LogP contribution in [0.15, 0.2) is 41.9 Å². The van der Waals surface area contributed by atoms with Crippen LogP contribution in [0.25, 0.3) is 0 Å². The minimum absolute atomic E-state index is 0.0458. The lowest BCUT2D eigenvalue weighted by Crippen LogP contribution is -2.11. The summed E-state index contributed by atoms with van der Waals surface area (Å²) in [6, 6.07) is 9.87. The molecule has 1 aliphatic rings. The van der Waals surface area contributed by atoms with Crippen LogP contribution in [0.2, 0.25) is 5.02 Å². The number of aromatic nitrogens is 1.